The summed E-state index contributed by atoms with van der Waals surface area (Å²) in [6.07, 6.45) is 11.6. The first-order valence-corrected chi connectivity index (χ1v) is 12.8. The summed E-state index contributed by atoms with van der Waals surface area (Å²) < 4.78 is 4.79. The summed E-state index contributed by atoms with van der Waals surface area (Å²) in [6.45, 7) is 9.86. The fourth-order valence-corrected chi connectivity index (χ4v) is 9.14. The number of carbonyl (C=O) groups is 1. The molecule has 0 bridgehead atoms. The summed E-state index contributed by atoms with van der Waals surface area (Å²) in [5, 5.41) is 11.4. The van der Waals surface area contributed by atoms with E-state index in [1.54, 1.807) is 0 Å². The van der Waals surface area contributed by atoms with Gasteiger partial charge >= 0.3 is 5.97 Å². The highest BCUT2D eigenvalue weighted by atomic mass is 31.0. The van der Waals surface area contributed by atoms with Crippen molar-refractivity contribution in [3.8, 4) is 0 Å². The van der Waals surface area contributed by atoms with E-state index in [2.05, 4.69) is 37.2 Å². The van der Waals surface area contributed by atoms with E-state index in [1.165, 1.54) is 44.9 Å². The van der Waals surface area contributed by atoms with Crippen molar-refractivity contribution >= 4 is 15.4 Å². The fraction of sp³-hybridized carbons (Fsp3) is 0.960. The minimum Gasteiger partial charge on any atom is -0.452 e. The zero-order chi connectivity index (χ0) is 21.0. The largest absolute Gasteiger partial charge is 0.452 e. The van der Waals surface area contributed by atoms with Crippen LogP contribution in [0.1, 0.15) is 91.9 Å². The van der Waals surface area contributed by atoms with Gasteiger partial charge in [-0.1, -0.05) is 34.1 Å². The van der Waals surface area contributed by atoms with Crippen molar-refractivity contribution in [2.24, 2.45) is 52.3 Å². The van der Waals surface area contributed by atoms with E-state index >= 15 is 0 Å². The van der Waals surface area contributed by atoms with Gasteiger partial charge in [-0.3, -0.25) is 4.79 Å². The zero-order valence-electron chi connectivity index (χ0n) is 19.0. The van der Waals surface area contributed by atoms with Crippen LogP contribution in [-0.2, 0) is 9.32 Å². The molecular formula is C25H43O3P. The Kier molecular flexibility index (Phi) is 6.15. The van der Waals surface area contributed by atoms with Gasteiger partial charge in [-0.25, -0.2) is 0 Å². The van der Waals surface area contributed by atoms with Crippen LogP contribution in [-0.4, -0.2) is 17.2 Å². The lowest BCUT2D eigenvalue weighted by Crippen LogP contribution is -2.58. The number of hydrogen-bond acceptors (Lipinski definition) is 3. The van der Waals surface area contributed by atoms with Crippen LogP contribution in [0.5, 0.6) is 0 Å². The summed E-state index contributed by atoms with van der Waals surface area (Å²) in [7, 11) is 2.08. The molecule has 1 N–H and O–H groups in total. The van der Waals surface area contributed by atoms with Crippen molar-refractivity contribution in [3.63, 3.8) is 0 Å². The number of aliphatic hydroxyl groups excluding tert-OH is 1. The quantitative estimate of drug-likeness (QED) is 0.565. The predicted octanol–water partition coefficient (Wildman–Crippen LogP) is 6.00. The van der Waals surface area contributed by atoms with Gasteiger partial charge in [-0.2, -0.15) is 0 Å². The molecule has 166 valence electrons. The van der Waals surface area contributed by atoms with E-state index in [1.807, 2.05) is 0 Å². The summed E-state index contributed by atoms with van der Waals surface area (Å²) in [4.78, 5) is 11.6. The van der Waals surface area contributed by atoms with E-state index in [-0.39, 0.29) is 12.1 Å². The molecule has 11 atom stereocenters. The number of rotatable bonds is 4. The molecule has 4 heteroatoms. The highest BCUT2D eigenvalue weighted by molar-refractivity contribution is 7.10. The third kappa shape index (κ3) is 3.61. The highest BCUT2D eigenvalue weighted by Crippen LogP contribution is 2.68. The maximum Gasteiger partial charge on any atom is 0.307 e. The number of aliphatic hydroxyl groups is 1. The molecule has 0 aromatic heterocycles. The predicted molar refractivity (Wildman–Crippen MR) is 120 cm³/mol. The topological polar surface area (TPSA) is 46.5 Å². The van der Waals surface area contributed by atoms with E-state index in [9.17, 15) is 9.90 Å². The molecule has 3 nitrogen and oxygen atoms in total. The second-order valence-corrected chi connectivity index (χ2v) is 12.1. The Morgan fingerprint density at radius 1 is 1.10 bits per heavy atom. The van der Waals surface area contributed by atoms with Gasteiger partial charge < -0.3 is 9.63 Å². The van der Waals surface area contributed by atoms with Gasteiger partial charge in [0.25, 0.3) is 0 Å². The number of fused-ring (bicyclic) bond motifs is 5. The Morgan fingerprint density at radius 3 is 2.52 bits per heavy atom. The van der Waals surface area contributed by atoms with E-state index in [0.29, 0.717) is 46.8 Å². The summed E-state index contributed by atoms with van der Waals surface area (Å²) in [5.41, 5.74) is 0.779. The van der Waals surface area contributed by atoms with Gasteiger partial charge in [-0.15, -0.1) is 0 Å². The Morgan fingerprint density at radius 2 is 1.79 bits per heavy atom. The second kappa shape index (κ2) is 8.09. The normalized spacial score (nSPS) is 50.2. The van der Waals surface area contributed by atoms with Crippen molar-refractivity contribution in [2.75, 3.05) is 0 Å². The molecule has 4 saturated carbocycles. The van der Waals surface area contributed by atoms with Crippen molar-refractivity contribution in [1.82, 2.24) is 0 Å². The smallest absolute Gasteiger partial charge is 0.307 e. The second-order valence-electron chi connectivity index (χ2n) is 11.9. The zero-order valence-corrected chi connectivity index (χ0v) is 20.2. The standard InChI is InChI=1S/C25H43O3P/c1-15-9-11-24(3)17(13-15)14-21(26)23-19-7-6-18(16(2)5-8-22(27)28-29)25(19,4)12-10-20(23)24/h15-21,23,26H,5-14,29H2,1-4H3/t15-,16-,17+,18-,19?,20?,21?,23?,24+,25-/m1/s1. The molecule has 0 radical (unpaired) electrons. The van der Waals surface area contributed by atoms with Crippen LogP contribution in [0.4, 0.5) is 0 Å². The van der Waals surface area contributed by atoms with Gasteiger partial charge in [0, 0.05) is 6.42 Å². The third-order valence-electron chi connectivity index (χ3n) is 10.6. The number of carbonyl (C=O) groups excluding carboxylic acids is 1. The van der Waals surface area contributed by atoms with E-state index in [4.69, 9.17) is 4.52 Å². The van der Waals surface area contributed by atoms with Gasteiger partial charge in [0.2, 0.25) is 0 Å². The van der Waals surface area contributed by atoms with Crippen LogP contribution < -0.4 is 0 Å². The van der Waals surface area contributed by atoms with Crippen molar-refractivity contribution in [2.45, 2.75) is 98.0 Å². The minimum atomic E-state index is -0.113. The molecule has 4 fully saturated rings. The van der Waals surface area contributed by atoms with Crippen LogP contribution in [0, 0.1) is 52.3 Å². The SMILES string of the molecule is C[C@@H]1CC[C@]2(C)C3CC[C@@]4(C)C(CC[C@@H]4[C@H](C)CCC(=O)OP)C3C(O)C[C@@H]2C1. The van der Waals surface area contributed by atoms with Crippen molar-refractivity contribution < 1.29 is 14.4 Å². The molecule has 29 heavy (non-hydrogen) atoms. The molecular weight excluding hydrogens is 379 g/mol. The Balaban J connectivity index is 1.53. The molecule has 0 aromatic rings. The van der Waals surface area contributed by atoms with Crippen molar-refractivity contribution in [1.29, 1.82) is 0 Å². The average Bonchev–Trinajstić information content (AvgIpc) is 3.04. The highest BCUT2D eigenvalue weighted by Gasteiger charge is 2.62. The van der Waals surface area contributed by atoms with E-state index in [0.717, 1.165) is 24.7 Å². The first-order chi connectivity index (χ1) is 13.7. The van der Waals surface area contributed by atoms with Gasteiger partial charge in [0.05, 0.1) is 15.6 Å². The lowest BCUT2D eigenvalue weighted by atomic mass is 9.43. The molecule has 0 amide bonds. The average molecular weight is 423 g/mol. The minimum absolute atomic E-state index is 0.103. The Hall–Kier alpha value is -0.140. The van der Waals surface area contributed by atoms with Gasteiger partial charge in [0.15, 0.2) is 0 Å². The number of hydrogen-bond donors (Lipinski definition) is 1. The first kappa shape index (κ1) is 22.1. The fourth-order valence-electron chi connectivity index (χ4n) is 9.02. The Labute approximate surface area is 180 Å². The monoisotopic (exact) mass is 422 g/mol. The van der Waals surface area contributed by atoms with Crippen LogP contribution in [0.2, 0.25) is 0 Å². The molecule has 0 spiro atoms. The summed E-state index contributed by atoms with van der Waals surface area (Å²) in [5.74, 6) is 4.53. The molecule has 4 aliphatic carbocycles. The van der Waals surface area contributed by atoms with Gasteiger partial charge in [0.1, 0.15) is 0 Å². The van der Waals surface area contributed by atoms with Crippen LogP contribution in [0.3, 0.4) is 0 Å². The molecule has 0 heterocycles. The summed E-state index contributed by atoms with van der Waals surface area (Å²) in [6, 6.07) is 0. The maximum atomic E-state index is 11.6. The third-order valence-corrected chi connectivity index (χ3v) is 10.9. The van der Waals surface area contributed by atoms with Crippen LogP contribution in [0.15, 0.2) is 0 Å². The molecule has 4 rings (SSSR count). The Bertz CT molecular complexity index is 623. The van der Waals surface area contributed by atoms with Crippen LogP contribution in [0.25, 0.3) is 0 Å². The molecule has 5 unspecified atom stereocenters. The molecule has 0 aliphatic heterocycles. The molecule has 0 aromatic carbocycles. The van der Waals surface area contributed by atoms with Gasteiger partial charge in [-0.05, 0) is 104 Å². The van der Waals surface area contributed by atoms with E-state index < -0.39 is 0 Å². The van der Waals surface area contributed by atoms with Crippen LogP contribution >= 0.6 is 9.47 Å². The molecule has 4 aliphatic rings. The first-order valence-electron chi connectivity index (χ1n) is 12.3. The van der Waals surface area contributed by atoms with Crippen molar-refractivity contribution in [3.05, 3.63) is 0 Å². The lowest BCUT2D eigenvalue weighted by molar-refractivity contribution is -0.168. The molecule has 0 saturated heterocycles. The maximum absolute atomic E-state index is 11.6. The lowest BCUT2D eigenvalue weighted by Gasteiger charge is -2.62. The summed E-state index contributed by atoms with van der Waals surface area (Å²) >= 11 is 0.